The highest BCUT2D eigenvalue weighted by Crippen LogP contribution is 2.34. The zero-order valence-corrected chi connectivity index (χ0v) is 13.8. The van der Waals surface area contributed by atoms with Crippen LogP contribution in [0.25, 0.3) is 0 Å². The second-order valence-corrected chi connectivity index (χ2v) is 6.15. The molecule has 1 aliphatic heterocycles. The van der Waals surface area contributed by atoms with Crippen molar-refractivity contribution in [1.29, 1.82) is 0 Å². The van der Waals surface area contributed by atoms with Gasteiger partial charge in [-0.25, -0.2) is 0 Å². The van der Waals surface area contributed by atoms with E-state index < -0.39 is 0 Å². The molecule has 0 spiro atoms. The Labute approximate surface area is 128 Å². The van der Waals surface area contributed by atoms with Gasteiger partial charge in [0.1, 0.15) is 0 Å². The van der Waals surface area contributed by atoms with E-state index in [1.54, 1.807) is 0 Å². The molecule has 2 unspecified atom stereocenters. The van der Waals surface area contributed by atoms with Gasteiger partial charge < -0.3 is 19.7 Å². The van der Waals surface area contributed by atoms with Gasteiger partial charge in [0.25, 0.3) is 0 Å². The molecule has 0 fully saturated rings. The van der Waals surface area contributed by atoms with Crippen LogP contribution in [0, 0.1) is 5.92 Å². The van der Waals surface area contributed by atoms with Gasteiger partial charge in [-0.1, -0.05) is 26.8 Å². The molecule has 118 valence electrons. The maximum absolute atomic E-state index is 5.49. The summed E-state index contributed by atoms with van der Waals surface area (Å²) in [6, 6.07) is 7.10. The zero-order chi connectivity index (χ0) is 15.4. The Kier molecular flexibility index (Phi) is 5.48. The molecule has 1 aliphatic rings. The number of ether oxygens (including phenoxy) is 2. The van der Waals surface area contributed by atoms with E-state index >= 15 is 0 Å². The maximum atomic E-state index is 5.49. The molecule has 0 aromatic heterocycles. The lowest BCUT2D eigenvalue weighted by Crippen LogP contribution is -2.40. The van der Waals surface area contributed by atoms with E-state index in [2.05, 4.69) is 57.1 Å². The molecule has 0 aliphatic carbocycles. The minimum absolute atomic E-state index is 0.302. The number of likely N-dealkylation sites (N-methyl/N-ethyl adjacent to an activating group) is 2. The Balaban J connectivity index is 2.11. The van der Waals surface area contributed by atoms with Crippen LogP contribution >= 0.6 is 0 Å². The monoisotopic (exact) mass is 292 g/mol. The number of nitrogens with zero attached hydrogens (tertiary/aromatic N) is 1. The first kappa shape index (κ1) is 16.1. The van der Waals surface area contributed by atoms with E-state index in [-0.39, 0.29) is 0 Å². The highest BCUT2D eigenvalue weighted by atomic mass is 16.7. The molecular weight excluding hydrogens is 264 g/mol. The molecule has 0 radical (unpaired) electrons. The molecule has 4 nitrogen and oxygen atoms in total. The fraction of sp³-hybridized carbons (Fsp3) is 0.647. The summed E-state index contributed by atoms with van der Waals surface area (Å²) in [6.45, 7) is 11.2. The van der Waals surface area contributed by atoms with Crippen LogP contribution in [0.5, 0.6) is 11.5 Å². The highest BCUT2D eigenvalue weighted by molar-refractivity contribution is 5.45. The Bertz CT molecular complexity index is 462. The van der Waals surface area contributed by atoms with E-state index in [0.29, 0.717) is 24.8 Å². The van der Waals surface area contributed by atoms with Crippen molar-refractivity contribution in [2.24, 2.45) is 5.92 Å². The summed E-state index contributed by atoms with van der Waals surface area (Å²) in [5.74, 6) is 2.35. The summed E-state index contributed by atoms with van der Waals surface area (Å²) in [4.78, 5) is 2.42. The van der Waals surface area contributed by atoms with Crippen LogP contribution in [-0.4, -0.2) is 37.9 Å². The standard InChI is InChI=1S/C17H28N2O2/c1-6-18-15(10-19(5)13(4)12(2)3)14-7-8-16-17(9-14)21-11-20-16/h7-9,12-13,15,18H,6,10-11H2,1-5H3. The lowest BCUT2D eigenvalue weighted by atomic mass is 10.0. The van der Waals surface area contributed by atoms with Gasteiger partial charge in [0.2, 0.25) is 6.79 Å². The van der Waals surface area contributed by atoms with E-state index in [1.807, 2.05) is 6.07 Å². The minimum atomic E-state index is 0.302. The predicted octanol–water partition coefficient (Wildman–Crippen LogP) is 3.04. The smallest absolute Gasteiger partial charge is 0.231 e. The van der Waals surface area contributed by atoms with Crippen molar-refractivity contribution in [3.8, 4) is 11.5 Å². The fourth-order valence-corrected chi connectivity index (χ4v) is 2.63. The molecular formula is C17H28N2O2. The van der Waals surface area contributed by atoms with Gasteiger partial charge in [-0.05, 0) is 44.1 Å². The maximum Gasteiger partial charge on any atom is 0.231 e. The average molecular weight is 292 g/mol. The Morgan fingerprint density at radius 1 is 1.19 bits per heavy atom. The molecule has 1 aromatic carbocycles. The lowest BCUT2D eigenvalue weighted by Gasteiger charge is -2.32. The molecule has 2 atom stereocenters. The van der Waals surface area contributed by atoms with Crippen molar-refractivity contribution < 1.29 is 9.47 Å². The number of fused-ring (bicyclic) bond motifs is 1. The number of hydrogen-bond acceptors (Lipinski definition) is 4. The van der Waals surface area contributed by atoms with Gasteiger partial charge in [-0.3, -0.25) is 0 Å². The van der Waals surface area contributed by atoms with Crippen molar-refractivity contribution in [1.82, 2.24) is 10.2 Å². The summed E-state index contributed by atoms with van der Waals surface area (Å²) in [7, 11) is 2.20. The normalized spacial score (nSPS) is 16.5. The summed E-state index contributed by atoms with van der Waals surface area (Å²) < 4.78 is 10.9. The Morgan fingerprint density at radius 3 is 2.57 bits per heavy atom. The zero-order valence-electron chi connectivity index (χ0n) is 13.8. The molecule has 0 amide bonds. The third-order valence-electron chi connectivity index (χ3n) is 4.38. The van der Waals surface area contributed by atoms with Gasteiger partial charge >= 0.3 is 0 Å². The van der Waals surface area contributed by atoms with E-state index in [9.17, 15) is 0 Å². The van der Waals surface area contributed by atoms with Crippen LogP contribution in [-0.2, 0) is 0 Å². The van der Waals surface area contributed by atoms with Crippen molar-refractivity contribution in [3.63, 3.8) is 0 Å². The molecule has 4 heteroatoms. The Hall–Kier alpha value is -1.26. The number of hydrogen-bond donors (Lipinski definition) is 1. The highest BCUT2D eigenvalue weighted by Gasteiger charge is 2.21. The van der Waals surface area contributed by atoms with E-state index in [4.69, 9.17) is 9.47 Å². The molecule has 2 rings (SSSR count). The summed E-state index contributed by atoms with van der Waals surface area (Å²) in [6.07, 6.45) is 0. The lowest BCUT2D eigenvalue weighted by molar-refractivity contribution is 0.173. The fourth-order valence-electron chi connectivity index (χ4n) is 2.63. The van der Waals surface area contributed by atoms with Gasteiger partial charge in [0.05, 0.1) is 0 Å². The SMILES string of the molecule is CCNC(CN(C)C(C)C(C)C)c1ccc2c(c1)OCO2. The molecule has 0 saturated carbocycles. The number of nitrogens with one attached hydrogen (secondary N) is 1. The predicted molar refractivity (Wildman–Crippen MR) is 85.9 cm³/mol. The minimum Gasteiger partial charge on any atom is -0.454 e. The van der Waals surface area contributed by atoms with Crippen molar-refractivity contribution in [2.45, 2.75) is 39.8 Å². The van der Waals surface area contributed by atoms with Crippen molar-refractivity contribution in [3.05, 3.63) is 23.8 Å². The van der Waals surface area contributed by atoms with Crippen molar-refractivity contribution >= 4 is 0 Å². The van der Waals surface area contributed by atoms with Crippen LogP contribution in [0.2, 0.25) is 0 Å². The third kappa shape index (κ3) is 3.89. The van der Waals surface area contributed by atoms with Gasteiger partial charge in [-0.2, -0.15) is 0 Å². The quantitative estimate of drug-likeness (QED) is 0.837. The van der Waals surface area contributed by atoms with Crippen LogP contribution in [0.1, 0.15) is 39.3 Å². The average Bonchev–Trinajstić information content (AvgIpc) is 2.93. The third-order valence-corrected chi connectivity index (χ3v) is 4.38. The first-order chi connectivity index (χ1) is 10.0. The molecule has 0 saturated heterocycles. The van der Waals surface area contributed by atoms with Crippen LogP contribution in [0.4, 0.5) is 0 Å². The first-order valence-electron chi connectivity index (χ1n) is 7.86. The molecule has 1 aromatic rings. The van der Waals surface area contributed by atoms with Gasteiger partial charge in [0.15, 0.2) is 11.5 Å². The first-order valence-corrected chi connectivity index (χ1v) is 7.86. The number of rotatable bonds is 7. The number of benzene rings is 1. The summed E-state index contributed by atoms with van der Waals surface area (Å²) >= 11 is 0. The second kappa shape index (κ2) is 7.14. The topological polar surface area (TPSA) is 33.7 Å². The molecule has 21 heavy (non-hydrogen) atoms. The molecule has 1 N–H and O–H groups in total. The summed E-state index contributed by atoms with van der Waals surface area (Å²) in [5, 5.41) is 3.58. The molecule has 1 heterocycles. The largest absolute Gasteiger partial charge is 0.454 e. The van der Waals surface area contributed by atoms with E-state index in [0.717, 1.165) is 24.6 Å². The Morgan fingerprint density at radius 2 is 1.90 bits per heavy atom. The van der Waals surface area contributed by atoms with Crippen molar-refractivity contribution in [2.75, 3.05) is 26.9 Å². The van der Waals surface area contributed by atoms with Gasteiger partial charge in [-0.15, -0.1) is 0 Å². The van der Waals surface area contributed by atoms with Crippen LogP contribution in [0.3, 0.4) is 0 Å². The van der Waals surface area contributed by atoms with Crippen LogP contribution < -0.4 is 14.8 Å². The summed E-state index contributed by atoms with van der Waals surface area (Å²) in [5.41, 5.74) is 1.25. The van der Waals surface area contributed by atoms with E-state index in [1.165, 1.54) is 5.56 Å². The van der Waals surface area contributed by atoms with Crippen LogP contribution in [0.15, 0.2) is 18.2 Å². The second-order valence-electron chi connectivity index (χ2n) is 6.15. The molecule has 0 bridgehead atoms. The van der Waals surface area contributed by atoms with Gasteiger partial charge in [0, 0.05) is 18.6 Å².